The fraction of sp³-hybridized carbons (Fsp3) is 0.125. The molecule has 3 aromatic rings. The minimum Gasteiger partial charge on any atom is -0.122 e. The van der Waals surface area contributed by atoms with Gasteiger partial charge in [-0.3, -0.25) is 0 Å². The number of fused-ring (bicyclic) bond motifs is 2. The highest BCUT2D eigenvalue weighted by molar-refractivity contribution is 6.22. The van der Waals surface area contributed by atoms with Gasteiger partial charge in [0.05, 0.1) is 0 Å². The number of benzene rings is 3. The van der Waals surface area contributed by atoms with Crippen molar-refractivity contribution < 1.29 is 0 Å². The normalized spacial score (nSPS) is 11.2. The largest absolute Gasteiger partial charge is 0.122 e. The van der Waals surface area contributed by atoms with E-state index in [-0.39, 0.29) is 0 Å². The molecule has 0 spiro atoms. The van der Waals surface area contributed by atoms with Gasteiger partial charge in [-0.15, -0.1) is 23.2 Å². The topological polar surface area (TPSA) is 0 Å². The Bertz CT molecular complexity index is 598. The lowest BCUT2D eigenvalue weighted by Crippen LogP contribution is -1.92. The van der Waals surface area contributed by atoms with Gasteiger partial charge >= 0.3 is 0 Å². The molecule has 18 heavy (non-hydrogen) atoms. The van der Waals surface area contributed by atoms with E-state index in [0.29, 0.717) is 11.8 Å². The van der Waals surface area contributed by atoms with Crippen molar-refractivity contribution in [1.82, 2.24) is 0 Å². The molecule has 0 N–H and O–H groups in total. The number of hydrogen-bond donors (Lipinski definition) is 0. The molecule has 0 atom stereocenters. The predicted molar refractivity (Wildman–Crippen MR) is 80.6 cm³/mol. The van der Waals surface area contributed by atoms with Gasteiger partial charge < -0.3 is 0 Å². The van der Waals surface area contributed by atoms with Gasteiger partial charge in [0.25, 0.3) is 0 Å². The van der Waals surface area contributed by atoms with Crippen molar-refractivity contribution >= 4 is 44.7 Å². The SMILES string of the molecule is ClCc1c2ccccc2c(CCl)c2ccccc12. The zero-order chi connectivity index (χ0) is 12.5. The van der Waals surface area contributed by atoms with Crippen LogP contribution in [0.15, 0.2) is 48.5 Å². The molecule has 0 heterocycles. The van der Waals surface area contributed by atoms with E-state index in [0.717, 1.165) is 0 Å². The van der Waals surface area contributed by atoms with Crippen molar-refractivity contribution in [3.8, 4) is 0 Å². The van der Waals surface area contributed by atoms with Crippen LogP contribution >= 0.6 is 23.2 Å². The van der Waals surface area contributed by atoms with Gasteiger partial charge in [0.2, 0.25) is 0 Å². The van der Waals surface area contributed by atoms with Crippen molar-refractivity contribution in [3.63, 3.8) is 0 Å². The summed E-state index contributed by atoms with van der Waals surface area (Å²) in [6.07, 6.45) is 0. The quantitative estimate of drug-likeness (QED) is 0.429. The first-order valence-electron chi connectivity index (χ1n) is 5.90. The molecule has 0 aliphatic rings. The summed E-state index contributed by atoms with van der Waals surface area (Å²) in [5.41, 5.74) is 2.38. The molecule has 0 radical (unpaired) electrons. The van der Waals surface area contributed by atoms with Crippen LogP contribution in [0, 0.1) is 0 Å². The molecule has 0 aliphatic heterocycles. The number of alkyl halides is 2. The third-order valence-corrected chi connectivity index (χ3v) is 3.96. The fourth-order valence-corrected chi connectivity index (χ4v) is 3.17. The number of rotatable bonds is 2. The Hall–Kier alpha value is -1.24. The maximum atomic E-state index is 6.15. The Kier molecular flexibility index (Phi) is 3.15. The Morgan fingerprint density at radius 3 is 1.06 bits per heavy atom. The van der Waals surface area contributed by atoms with Gasteiger partial charge in [-0.1, -0.05) is 48.5 Å². The Labute approximate surface area is 116 Å². The van der Waals surface area contributed by atoms with Crippen LogP contribution in [0.1, 0.15) is 11.1 Å². The Balaban J connectivity index is 2.61. The highest BCUT2D eigenvalue weighted by atomic mass is 35.5. The maximum Gasteiger partial charge on any atom is 0.0486 e. The minimum atomic E-state index is 0.517. The average Bonchev–Trinajstić information content (AvgIpc) is 2.44. The fourth-order valence-electron chi connectivity index (χ4n) is 2.60. The summed E-state index contributed by atoms with van der Waals surface area (Å²) in [5, 5.41) is 4.84. The zero-order valence-corrected chi connectivity index (χ0v) is 11.3. The van der Waals surface area contributed by atoms with Crippen molar-refractivity contribution in [2.45, 2.75) is 11.8 Å². The monoisotopic (exact) mass is 274 g/mol. The van der Waals surface area contributed by atoms with E-state index in [9.17, 15) is 0 Å². The van der Waals surface area contributed by atoms with Crippen LogP contribution in [0.2, 0.25) is 0 Å². The van der Waals surface area contributed by atoms with E-state index in [1.165, 1.54) is 32.7 Å². The third kappa shape index (κ3) is 1.68. The molecular weight excluding hydrogens is 263 g/mol. The Morgan fingerprint density at radius 2 is 0.833 bits per heavy atom. The smallest absolute Gasteiger partial charge is 0.0486 e. The van der Waals surface area contributed by atoms with Crippen molar-refractivity contribution in [3.05, 3.63) is 59.7 Å². The molecule has 0 amide bonds. The second-order valence-corrected chi connectivity index (χ2v) is 4.85. The van der Waals surface area contributed by atoms with E-state index in [1.807, 2.05) is 24.3 Å². The second-order valence-electron chi connectivity index (χ2n) is 4.32. The molecular formula is C16H12Cl2. The van der Waals surface area contributed by atoms with Crippen molar-refractivity contribution in [1.29, 1.82) is 0 Å². The van der Waals surface area contributed by atoms with Crippen molar-refractivity contribution in [2.24, 2.45) is 0 Å². The van der Waals surface area contributed by atoms with Crippen LogP contribution < -0.4 is 0 Å². The molecule has 0 fully saturated rings. The molecule has 0 bridgehead atoms. The Morgan fingerprint density at radius 1 is 0.556 bits per heavy atom. The summed E-state index contributed by atoms with van der Waals surface area (Å²) in [5.74, 6) is 1.03. The molecule has 3 rings (SSSR count). The van der Waals surface area contributed by atoms with Gasteiger partial charge in [-0.05, 0) is 32.7 Å². The zero-order valence-electron chi connectivity index (χ0n) is 9.79. The standard InChI is InChI=1S/C16H12Cl2/c17-9-15-11-5-1-2-6-12(11)16(10-18)14-8-4-3-7-13(14)15/h1-8H,9-10H2. The lowest BCUT2D eigenvalue weighted by molar-refractivity contribution is 1.44. The summed E-state index contributed by atoms with van der Waals surface area (Å²) < 4.78 is 0. The molecule has 2 heteroatoms. The summed E-state index contributed by atoms with van der Waals surface area (Å²) in [7, 11) is 0. The minimum absolute atomic E-state index is 0.517. The predicted octanol–water partition coefficient (Wildman–Crippen LogP) is 5.47. The molecule has 0 saturated carbocycles. The van der Waals surface area contributed by atoms with Crippen LogP contribution in [0.25, 0.3) is 21.5 Å². The van der Waals surface area contributed by atoms with E-state index >= 15 is 0 Å². The molecule has 90 valence electrons. The van der Waals surface area contributed by atoms with Crippen LogP contribution in [-0.2, 0) is 11.8 Å². The second kappa shape index (κ2) is 4.79. The molecule has 0 unspecified atom stereocenters. The highest BCUT2D eigenvalue weighted by Crippen LogP contribution is 2.34. The van der Waals surface area contributed by atoms with E-state index in [4.69, 9.17) is 23.2 Å². The maximum absolute atomic E-state index is 6.15. The molecule has 0 aliphatic carbocycles. The summed E-state index contributed by atoms with van der Waals surface area (Å²) >= 11 is 12.3. The number of hydrogen-bond acceptors (Lipinski definition) is 0. The number of halogens is 2. The van der Waals surface area contributed by atoms with Crippen LogP contribution in [0.5, 0.6) is 0 Å². The summed E-state index contributed by atoms with van der Waals surface area (Å²) in [6, 6.07) is 16.7. The summed E-state index contributed by atoms with van der Waals surface area (Å²) in [6.45, 7) is 0. The molecule has 0 aromatic heterocycles. The lowest BCUT2D eigenvalue weighted by Gasteiger charge is -2.13. The third-order valence-electron chi connectivity index (χ3n) is 3.42. The molecule has 3 aromatic carbocycles. The first-order valence-corrected chi connectivity index (χ1v) is 6.97. The first-order chi connectivity index (χ1) is 8.86. The van der Waals surface area contributed by atoms with Crippen LogP contribution in [0.4, 0.5) is 0 Å². The average molecular weight is 275 g/mol. The molecule has 0 nitrogen and oxygen atoms in total. The lowest BCUT2D eigenvalue weighted by atomic mass is 9.93. The van der Waals surface area contributed by atoms with Crippen LogP contribution in [0.3, 0.4) is 0 Å². The van der Waals surface area contributed by atoms with E-state index < -0.39 is 0 Å². The first kappa shape index (κ1) is 11.8. The van der Waals surface area contributed by atoms with Gasteiger partial charge in [0, 0.05) is 11.8 Å². The van der Waals surface area contributed by atoms with Gasteiger partial charge in [0.15, 0.2) is 0 Å². The molecule has 0 saturated heterocycles. The van der Waals surface area contributed by atoms with Gasteiger partial charge in [0.1, 0.15) is 0 Å². The van der Waals surface area contributed by atoms with E-state index in [2.05, 4.69) is 24.3 Å². The summed E-state index contributed by atoms with van der Waals surface area (Å²) in [4.78, 5) is 0. The van der Waals surface area contributed by atoms with Gasteiger partial charge in [-0.25, -0.2) is 0 Å². The van der Waals surface area contributed by atoms with E-state index in [1.54, 1.807) is 0 Å². The van der Waals surface area contributed by atoms with Crippen molar-refractivity contribution in [2.75, 3.05) is 0 Å². The highest BCUT2D eigenvalue weighted by Gasteiger charge is 2.11. The van der Waals surface area contributed by atoms with Crippen LogP contribution in [-0.4, -0.2) is 0 Å². The van der Waals surface area contributed by atoms with Gasteiger partial charge in [-0.2, -0.15) is 0 Å².